The van der Waals surface area contributed by atoms with Crippen LogP contribution in [0.25, 0.3) is 11.1 Å². The summed E-state index contributed by atoms with van der Waals surface area (Å²) in [5.41, 5.74) is 5.06. The summed E-state index contributed by atoms with van der Waals surface area (Å²) in [4.78, 5) is 23.5. The van der Waals surface area contributed by atoms with E-state index in [1.807, 2.05) is 81.4 Å². The summed E-state index contributed by atoms with van der Waals surface area (Å²) in [6.45, 7) is 13.2. The first-order valence-electron chi connectivity index (χ1n) is 28.5. The van der Waals surface area contributed by atoms with Crippen molar-refractivity contribution in [3.63, 3.8) is 0 Å². The molecule has 4 aromatic rings. The number of fused-ring (bicyclic) bond motifs is 3. The van der Waals surface area contributed by atoms with Gasteiger partial charge >= 0.3 is 6.09 Å². The van der Waals surface area contributed by atoms with Gasteiger partial charge in [0.1, 0.15) is 28.9 Å². The number of unbranched alkanes of at least 4 members (excludes halogenated alkanes) is 11. The predicted molar refractivity (Wildman–Crippen MR) is 299 cm³/mol. The highest BCUT2D eigenvalue weighted by atomic mass is 16.7. The number of carbonyl (C=O) groups excluding carboxylic acids is 1. The molecular formula is C64H84N2O10. The average Bonchev–Trinajstić information content (AvgIpc) is 4.00. The number of oxime groups is 1. The Kier molecular flexibility index (Phi) is 20.4. The molecule has 12 nitrogen and oxygen atoms in total. The second-order valence-electron chi connectivity index (χ2n) is 22.1. The molecule has 0 radical (unpaired) electrons. The number of allylic oxidation sites excluding steroid dienone is 1. The number of carbonyl (C=O) groups is 1. The van der Waals surface area contributed by atoms with E-state index in [1.54, 1.807) is 11.0 Å². The third kappa shape index (κ3) is 14.2. The molecule has 2 aliphatic carbocycles. The molecule has 4 aliphatic rings. The number of rotatable bonds is 29. The van der Waals surface area contributed by atoms with Gasteiger partial charge in [-0.2, -0.15) is 0 Å². The smallest absolute Gasteiger partial charge is 0.410 e. The van der Waals surface area contributed by atoms with E-state index in [-0.39, 0.29) is 63.9 Å². The maximum Gasteiger partial charge on any atom is 0.410 e. The topological polar surface area (TPSA) is 138 Å². The Labute approximate surface area is 452 Å². The van der Waals surface area contributed by atoms with Crippen molar-refractivity contribution in [1.29, 1.82) is 0 Å². The summed E-state index contributed by atoms with van der Waals surface area (Å²) in [5, 5.41) is 25.3. The molecule has 2 N–H and O–H groups in total. The van der Waals surface area contributed by atoms with Crippen molar-refractivity contribution in [2.75, 3.05) is 33.2 Å². The van der Waals surface area contributed by atoms with E-state index in [4.69, 9.17) is 38.4 Å². The van der Waals surface area contributed by atoms with Crippen molar-refractivity contribution in [1.82, 2.24) is 4.90 Å². The molecule has 1 amide bonds. The molecular weight excluding hydrogens is 957 g/mol. The second kappa shape index (κ2) is 27.5. The van der Waals surface area contributed by atoms with Crippen LogP contribution < -0.4 is 18.9 Å². The lowest BCUT2D eigenvalue weighted by atomic mass is 9.55. The normalized spacial score (nSPS) is 21.7. The third-order valence-electron chi connectivity index (χ3n) is 15.4. The highest BCUT2D eigenvalue weighted by Gasteiger charge is 2.66. The van der Waals surface area contributed by atoms with Crippen LogP contribution in [-0.2, 0) is 20.9 Å². The van der Waals surface area contributed by atoms with Gasteiger partial charge < -0.3 is 43.5 Å². The van der Waals surface area contributed by atoms with Crippen LogP contribution in [0.15, 0.2) is 120 Å². The predicted octanol–water partition coefficient (Wildman–Crippen LogP) is 14.9. The highest BCUT2D eigenvalue weighted by Crippen LogP contribution is 2.62. The Balaban J connectivity index is 1.22. The van der Waals surface area contributed by atoms with E-state index < -0.39 is 29.4 Å². The number of hydrogen-bond acceptors (Lipinski definition) is 11. The molecule has 12 heteroatoms. The molecule has 8 rings (SSSR count). The lowest BCUT2D eigenvalue weighted by Crippen LogP contribution is -2.70. The van der Waals surface area contributed by atoms with Crippen molar-refractivity contribution in [3.8, 4) is 39.9 Å². The zero-order valence-electron chi connectivity index (χ0n) is 45.7. The first kappa shape index (κ1) is 56.4. The fourth-order valence-corrected chi connectivity index (χ4v) is 11.8. The van der Waals surface area contributed by atoms with Gasteiger partial charge in [-0.25, -0.2) is 4.79 Å². The van der Waals surface area contributed by atoms with Gasteiger partial charge in [-0.05, 0) is 129 Å². The van der Waals surface area contributed by atoms with Crippen molar-refractivity contribution in [2.24, 2.45) is 22.9 Å². The fraction of sp³-hybridized carbons (Fsp3) is 0.531. The van der Waals surface area contributed by atoms with Gasteiger partial charge in [-0.1, -0.05) is 143 Å². The molecule has 0 saturated heterocycles. The number of hydrogen-bond donors (Lipinski definition) is 2. The molecule has 0 unspecified atom stereocenters. The molecule has 6 atom stereocenters. The molecule has 76 heavy (non-hydrogen) atoms. The van der Waals surface area contributed by atoms with Gasteiger partial charge in [0, 0.05) is 37.7 Å². The third-order valence-corrected chi connectivity index (χ3v) is 15.4. The summed E-state index contributed by atoms with van der Waals surface area (Å²) in [5.74, 6) is 1.12. The van der Waals surface area contributed by atoms with Crippen LogP contribution in [-0.4, -0.2) is 77.6 Å². The van der Waals surface area contributed by atoms with Crippen LogP contribution in [0.5, 0.6) is 28.7 Å². The van der Waals surface area contributed by atoms with E-state index in [0.717, 1.165) is 72.8 Å². The lowest BCUT2D eigenvalue weighted by Gasteiger charge is -2.60. The molecule has 410 valence electrons. The average molecular weight is 1040 g/mol. The number of aliphatic hydroxyl groups excluding tert-OH is 2. The molecule has 0 bridgehead atoms. The summed E-state index contributed by atoms with van der Waals surface area (Å²) in [6, 6.07) is 29.5. The largest absolute Gasteiger partial charge is 0.459 e. The first-order valence-corrected chi connectivity index (χ1v) is 28.5. The molecule has 1 saturated carbocycles. The summed E-state index contributed by atoms with van der Waals surface area (Å²) < 4.78 is 39.5. The van der Waals surface area contributed by atoms with Gasteiger partial charge in [-0.3, -0.25) is 4.90 Å². The van der Waals surface area contributed by atoms with Crippen LogP contribution in [0.2, 0.25) is 0 Å². The Morgan fingerprint density at radius 2 is 1.45 bits per heavy atom. The standard InChI is InChI=1S/C64H84N2O10/c1-6-8-9-10-11-12-13-14-15-23-39-70-62(69)66(44-46-28-34-57-58(40-46)72-45-71-57)59-43-55(65-76-63(3,4)5)53-41-49(26-19-21-36-67)52(27-20-22-37-68)60-54-42-51(33-35-56(54)75-64(59,61(53)60)73-38-7-2)74-50-31-29-48(30-32-50)47-24-17-16-18-25-47/h7,16-18,24-25,28-35,40-42,49,52,59-61,67-68H,2,6,8-15,19-23,26-27,36-39,43-45H2,1,3-5H3/t49-,52+,59-,60+,61+,64+/m0/s1. The Hall–Kier alpha value is -5.82. The van der Waals surface area contributed by atoms with E-state index in [0.29, 0.717) is 47.3 Å². The summed E-state index contributed by atoms with van der Waals surface area (Å²) in [7, 11) is 0. The maximum atomic E-state index is 15.3. The van der Waals surface area contributed by atoms with Gasteiger partial charge in [0.2, 0.25) is 12.6 Å². The zero-order valence-corrected chi connectivity index (χ0v) is 45.7. The molecule has 0 aromatic heterocycles. The minimum Gasteiger partial charge on any atom is -0.459 e. The van der Waals surface area contributed by atoms with E-state index in [1.165, 1.54) is 44.9 Å². The molecule has 0 spiro atoms. The second-order valence-corrected chi connectivity index (χ2v) is 22.1. The monoisotopic (exact) mass is 1040 g/mol. The van der Waals surface area contributed by atoms with Crippen molar-refractivity contribution >= 4 is 11.8 Å². The van der Waals surface area contributed by atoms with Gasteiger partial charge in [0.05, 0.1) is 24.8 Å². The van der Waals surface area contributed by atoms with E-state index in [9.17, 15) is 10.2 Å². The van der Waals surface area contributed by atoms with Crippen molar-refractivity contribution in [3.05, 3.63) is 126 Å². The Morgan fingerprint density at radius 1 is 0.776 bits per heavy atom. The van der Waals surface area contributed by atoms with Crippen molar-refractivity contribution < 1.29 is 48.3 Å². The quantitative estimate of drug-likeness (QED) is 0.0307. The van der Waals surface area contributed by atoms with Crippen LogP contribution in [0.1, 0.15) is 154 Å². The molecule has 2 aliphatic heterocycles. The maximum absolute atomic E-state index is 15.3. The lowest BCUT2D eigenvalue weighted by molar-refractivity contribution is -0.256. The minimum absolute atomic E-state index is 0.0305. The number of ether oxygens (including phenoxy) is 6. The molecule has 1 fully saturated rings. The fourth-order valence-electron chi connectivity index (χ4n) is 11.8. The highest BCUT2D eigenvalue weighted by molar-refractivity contribution is 6.03. The minimum atomic E-state index is -1.48. The number of nitrogens with zero attached hydrogens (tertiary/aromatic N) is 2. The van der Waals surface area contributed by atoms with E-state index in [2.05, 4.69) is 49.9 Å². The number of amides is 1. The summed E-state index contributed by atoms with van der Waals surface area (Å²) in [6.07, 6.45) is 20.1. The zero-order chi connectivity index (χ0) is 53.3. The Bertz CT molecular complexity index is 2540. The van der Waals surface area contributed by atoms with Gasteiger partial charge in [0.15, 0.2) is 11.5 Å². The van der Waals surface area contributed by atoms with Gasteiger partial charge in [0.25, 0.3) is 0 Å². The van der Waals surface area contributed by atoms with E-state index >= 15 is 4.79 Å². The summed E-state index contributed by atoms with van der Waals surface area (Å²) >= 11 is 0. The van der Waals surface area contributed by atoms with Crippen LogP contribution >= 0.6 is 0 Å². The SMILES string of the molecule is C=CCO[C@@]12Oc3ccc(Oc4ccc(-c5ccccc5)cc4)cc3[C@H]3[C@H](CCCCO)[C@@H](CCCCO)C=C(C(=NOC(C)(C)C)C[C@@H]1N(Cc1ccc4c(c1)OCO4)C(=O)OCCCCCCCCCCCC)[C@H]32. The number of aliphatic hydroxyl groups is 2. The van der Waals surface area contributed by atoms with Crippen LogP contribution in [0.3, 0.4) is 0 Å². The molecule has 4 aromatic carbocycles. The van der Waals surface area contributed by atoms with Crippen molar-refractivity contribution in [2.45, 2.75) is 167 Å². The van der Waals surface area contributed by atoms with Crippen LogP contribution in [0, 0.1) is 17.8 Å². The first-order chi connectivity index (χ1) is 37.0. The number of benzene rings is 4. The molecule has 2 heterocycles. The van der Waals surface area contributed by atoms with Gasteiger partial charge in [-0.15, -0.1) is 6.58 Å². The Morgan fingerprint density at radius 3 is 2.16 bits per heavy atom. The van der Waals surface area contributed by atoms with Crippen LogP contribution in [0.4, 0.5) is 4.79 Å².